The van der Waals surface area contributed by atoms with Crippen LogP contribution in [0.5, 0.6) is 0 Å². The zero-order chi connectivity index (χ0) is 18.5. The van der Waals surface area contributed by atoms with E-state index in [1.165, 1.54) is 23.0 Å². The van der Waals surface area contributed by atoms with Gasteiger partial charge < -0.3 is 4.42 Å². The van der Waals surface area contributed by atoms with Crippen LogP contribution >= 0.6 is 11.3 Å². The number of thiazole rings is 1. The number of carbonyl (C=O) groups excluding carboxylic acids is 1. The number of aryl methyl sites for hydroxylation is 2. The lowest BCUT2D eigenvalue weighted by molar-refractivity contribution is -0.112. The van der Waals surface area contributed by atoms with Crippen LogP contribution in [0.2, 0.25) is 0 Å². The van der Waals surface area contributed by atoms with Gasteiger partial charge in [0.2, 0.25) is 0 Å². The van der Waals surface area contributed by atoms with Crippen molar-refractivity contribution in [1.29, 1.82) is 5.26 Å². The molecule has 130 valence electrons. The van der Waals surface area contributed by atoms with Gasteiger partial charge in [0.15, 0.2) is 5.13 Å². The molecular weight excluding hydrogens is 346 g/mol. The molecule has 0 unspecified atom stereocenters. The van der Waals surface area contributed by atoms with E-state index in [1.54, 1.807) is 19.1 Å². The van der Waals surface area contributed by atoms with E-state index in [2.05, 4.69) is 29.4 Å². The van der Waals surface area contributed by atoms with Gasteiger partial charge in [-0.3, -0.25) is 10.1 Å². The van der Waals surface area contributed by atoms with Gasteiger partial charge in [0.25, 0.3) is 5.91 Å². The monoisotopic (exact) mass is 363 g/mol. The molecule has 6 heteroatoms. The average Bonchev–Trinajstić information content (AvgIpc) is 3.28. The SMILES string of the molecule is CCc1ccc(-c2csc(NC(=O)/C(C#N)=C/c3ccc(C)o3)n2)cc1. The second-order valence-electron chi connectivity index (χ2n) is 5.66. The van der Waals surface area contributed by atoms with E-state index >= 15 is 0 Å². The van der Waals surface area contributed by atoms with Crippen LogP contribution in [0.1, 0.15) is 24.0 Å². The van der Waals surface area contributed by atoms with Crippen molar-refractivity contribution in [1.82, 2.24) is 4.98 Å². The molecule has 0 spiro atoms. The van der Waals surface area contributed by atoms with Crippen LogP contribution in [0, 0.1) is 18.3 Å². The Morgan fingerprint density at radius 1 is 1.31 bits per heavy atom. The third-order valence-corrected chi connectivity index (χ3v) is 4.55. The summed E-state index contributed by atoms with van der Waals surface area (Å²) in [4.78, 5) is 16.7. The van der Waals surface area contributed by atoms with Gasteiger partial charge in [0, 0.05) is 17.0 Å². The number of anilines is 1. The molecule has 0 aliphatic carbocycles. The van der Waals surface area contributed by atoms with Crippen LogP contribution in [0.3, 0.4) is 0 Å². The Morgan fingerprint density at radius 2 is 2.08 bits per heavy atom. The number of carbonyl (C=O) groups is 1. The van der Waals surface area contributed by atoms with Crippen LogP contribution in [0.15, 0.2) is 51.8 Å². The Labute approximate surface area is 155 Å². The smallest absolute Gasteiger partial charge is 0.268 e. The zero-order valence-electron chi connectivity index (χ0n) is 14.4. The first-order chi connectivity index (χ1) is 12.6. The summed E-state index contributed by atoms with van der Waals surface area (Å²) >= 11 is 1.32. The van der Waals surface area contributed by atoms with Crippen molar-refractivity contribution in [3.63, 3.8) is 0 Å². The van der Waals surface area contributed by atoms with Crippen LogP contribution in [0.4, 0.5) is 5.13 Å². The standard InChI is InChI=1S/C20H17N3O2S/c1-3-14-5-7-15(8-6-14)18-12-26-20(22-18)23-19(24)16(11-21)10-17-9-4-13(2)25-17/h4-10,12H,3H2,1-2H3,(H,22,23,24)/b16-10+. The molecule has 3 rings (SSSR count). The van der Waals surface area contributed by atoms with Gasteiger partial charge in [-0.2, -0.15) is 5.26 Å². The molecule has 3 aromatic rings. The second-order valence-corrected chi connectivity index (χ2v) is 6.52. The van der Waals surface area contributed by atoms with Crippen molar-refractivity contribution in [3.05, 3.63) is 64.4 Å². The molecule has 26 heavy (non-hydrogen) atoms. The Balaban J connectivity index is 1.74. The Bertz CT molecular complexity index is 991. The van der Waals surface area contributed by atoms with Gasteiger partial charge in [0.05, 0.1) is 5.69 Å². The van der Waals surface area contributed by atoms with Crippen molar-refractivity contribution in [2.24, 2.45) is 0 Å². The summed E-state index contributed by atoms with van der Waals surface area (Å²) in [5.41, 5.74) is 3.00. The lowest BCUT2D eigenvalue weighted by atomic mass is 10.1. The predicted octanol–water partition coefficient (Wildman–Crippen LogP) is 4.82. The van der Waals surface area contributed by atoms with Crippen LogP contribution in [0.25, 0.3) is 17.3 Å². The topological polar surface area (TPSA) is 78.9 Å². The Hall–Kier alpha value is -3.17. The first kappa shape index (κ1) is 17.6. The molecule has 0 aliphatic rings. The molecular formula is C20H17N3O2S. The molecule has 0 bridgehead atoms. The summed E-state index contributed by atoms with van der Waals surface area (Å²) in [5.74, 6) is 0.668. The largest absolute Gasteiger partial charge is 0.462 e. The maximum Gasteiger partial charge on any atom is 0.268 e. The van der Waals surface area contributed by atoms with Gasteiger partial charge in [-0.05, 0) is 31.0 Å². The van der Waals surface area contributed by atoms with Crippen LogP contribution in [-0.4, -0.2) is 10.9 Å². The van der Waals surface area contributed by atoms with Crippen LogP contribution in [-0.2, 0) is 11.2 Å². The van der Waals surface area contributed by atoms with E-state index in [4.69, 9.17) is 4.42 Å². The fraction of sp³-hybridized carbons (Fsp3) is 0.150. The highest BCUT2D eigenvalue weighted by Gasteiger charge is 2.13. The Morgan fingerprint density at radius 3 is 2.69 bits per heavy atom. The third-order valence-electron chi connectivity index (χ3n) is 3.80. The molecule has 2 heterocycles. The van der Waals surface area contributed by atoms with E-state index in [0.717, 1.165) is 17.7 Å². The van der Waals surface area contributed by atoms with Crippen molar-refractivity contribution in [2.75, 3.05) is 5.32 Å². The zero-order valence-corrected chi connectivity index (χ0v) is 15.3. The molecule has 0 atom stereocenters. The highest BCUT2D eigenvalue weighted by atomic mass is 32.1. The van der Waals surface area contributed by atoms with Crippen molar-refractivity contribution < 1.29 is 9.21 Å². The number of nitrogens with one attached hydrogen (secondary N) is 1. The minimum atomic E-state index is -0.510. The normalized spacial score (nSPS) is 11.2. The number of aromatic nitrogens is 1. The molecule has 0 saturated carbocycles. The number of benzene rings is 1. The highest BCUT2D eigenvalue weighted by Crippen LogP contribution is 2.25. The number of hydrogen-bond acceptors (Lipinski definition) is 5. The van der Waals surface area contributed by atoms with Gasteiger partial charge >= 0.3 is 0 Å². The molecule has 0 saturated heterocycles. The van der Waals surface area contributed by atoms with E-state index in [0.29, 0.717) is 16.7 Å². The molecule has 0 fully saturated rings. The summed E-state index contributed by atoms with van der Waals surface area (Å²) in [5, 5.41) is 14.2. The first-order valence-electron chi connectivity index (χ1n) is 8.13. The van der Waals surface area contributed by atoms with Gasteiger partial charge in [0.1, 0.15) is 23.2 Å². The molecule has 2 aromatic heterocycles. The number of nitrogens with zero attached hydrogens (tertiary/aromatic N) is 2. The fourth-order valence-corrected chi connectivity index (χ4v) is 3.08. The van der Waals surface area contributed by atoms with Gasteiger partial charge in [-0.15, -0.1) is 11.3 Å². The minimum Gasteiger partial charge on any atom is -0.462 e. The number of amides is 1. The van der Waals surface area contributed by atoms with Crippen molar-refractivity contribution >= 4 is 28.5 Å². The number of nitriles is 1. The maximum absolute atomic E-state index is 12.3. The number of furan rings is 1. The summed E-state index contributed by atoms with van der Waals surface area (Å²) in [6.45, 7) is 3.91. The molecule has 0 aliphatic heterocycles. The molecule has 5 nitrogen and oxygen atoms in total. The maximum atomic E-state index is 12.3. The molecule has 1 aromatic carbocycles. The van der Waals surface area contributed by atoms with Crippen LogP contribution < -0.4 is 5.32 Å². The predicted molar refractivity (Wildman–Crippen MR) is 103 cm³/mol. The lowest BCUT2D eigenvalue weighted by Crippen LogP contribution is -2.13. The van der Waals surface area contributed by atoms with Gasteiger partial charge in [-0.25, -0.2) is 4.98 Å². The third kappa shape index (κ3) is 4.08. The summed E-state index contributed by atoms with van der Waals surface area (Å²) in [7, 11) is 0. The summed E-state index contributed by atoms with van der Waals surface area (Å²) in [6.07, 6.45) is 2.40. The highest BCUT2D eigenvalue weighted by molar-refractivity contribution is 7.14. The van der Waals surface area contributed by atoms with E-state index in [9.17, 15) is 10.1 Å². The summed E-state index contributed by atoms with van der Waals surface area (Å²) in [6, 6.07) is 13.5. The van der Waals surface area contributed by atoms with Crippen molar-refractivity contribution in [2.45, 2.75) is 20.3 Å². The Kier molecular flexibility index (Phi) is 5.30. The quantitative estimate of drug-likeness (QED) is 0.521. The second kappa shape index (κ2) is 7.81. The number of rotatable bonds is 5. The van der Waals surface area contributed by atoms with E-state index in [-0.39, 0.29) is 5.57 Å². The number of hydrogen-bond donors (Lipinski definition) is 1. The minimum absolute atomic E-state index is 0.0385. The fourth-order valence-electron chi connectivity index (χ4n) is 2.36. The van der Waals surface area contributed by atoms with Crippen molar-refractivity contribution in [3.8, 4) is 17.3 Å². The average molecular weight is 363 g/mol. The summed E-state index contributed by atoms with van der Waals surface area (Å²) < 4.78 is 5.38. The molecule has 0 radical (unpaired) electrons. The molecule has 1 N–H and O–H groups in total. The first-order valence-corrected chi connectivity index (χ1v) is 9.01. The molecule has 1 amide bonds. The van der Waals surface area contributed by atoms with E-state index in [1.807, 2.05) is 23.6 Å². The van der Waals surface area contributed by atoms with E-state index < -0.39 is 5.91 Å². The van der Waals surface area contributed by atoms with Gasteiger partial charge in [-0.1, -0.05) is 31.2 Å². The lowest BCUT2D eigenvalue weighted by Gasteiger charge is -2.00.